The zero-order valence-electron chi connectivity index (χ0n) is 51.2. The van der Waals surface area contributed by atoms with Gasteiger partial charge in [0.25, 0.3) is 0 Å². The van der Waals surface area contributed by atoms with E-state index in [0.29, 0.717) is 5.69 Å². The number of thiophene rings is 1. The van der Waals surface area contributed by atoms with Crippen molar-refractivity contribution in [2.45, 2.75) is 0 Å². The van der Waals surface area contributed by atoms with Crippen LogP contribution in [0.5, 0.6) is 0 Å². The zero-order valence-corrected chi connectivity index (χ0v) is 30.0. The predicted molar refractivity (Wildman–Crippen MR) is 244 cm³/mol. The first kappa shape index (κ1) is 17.3. The molecule has 0 saturated carbocycles. The fourth-order valence-electron chi connectivity index (χ4n) is 7.40. The highest BCUT2D eigenvalue weighted by Gasteiger charge is 2.17. The minimum absolute atomic E-state index is 0.0216. The van der Waals surface area contributed by atoms with Gasteiger partial charge in [0.15, 0.2) is 0 Å². The monoisotopic (exact) mass is 764 g/mol. The van der Waals surface area contributed by atoms with Crippen molar-refractivity contribution in [3.05, 3.63) is 206 Å². The molecule has 2 nitrogen and oxygen atoms in total. The summed E-state index contributed by atoms with van der Waals surface area (Å²) in [5.41, 5.74) is -0.394. The van der Waals surface area contributed by atoms with Gasteiger partial charge in [0.2, 0.25) is 0 Å². The number of rotatable bonds is 5. The van der Waals surface area contributed by atoms with Crippen molar-refractivity contribution >= 4 is 75.1 Å². The molecule has 0 amide bonds. The number of para-hydroxylation sites is 2. The summed E-state index contributed by atoms with van der Waals surface area (Å²) in [6.45, 7) is 0. The van der Waals surface area contributed by atoms with Crippen LogP contribution in [0.1, 0.15) is 30.2 Å². The lowest BCUT2D eigenvalue weighted by Crippen LogP contribution is -1.94. The Morgan fingerprint density at radius 1 is 0.333 bits per heavy atom. The van der Waals surface area contributed by atoms with Crippen molar-refractivity contribution in [2.24, 2.45) is 0 Å². The maximum atomic E-state index is 9.96. The normalized spacial score (nSPS) is 17.3. The van der Waals surface area contributed by atoms with Crippen LogP contribution in [0, 0.1) is 0 Å². The van der Waals surface area contributed by atoms with E-state index in [1.165, 1.54) is 21.3 Å². The third kappa shape index (κ3) is 5.10. The van der Waals surface area contributed by atoms with Gasteiger partial charge in [0.1, 0.15) is 0 Å². The highest BCUT2D eigenvalue weighted by atomic mass is 32.1. The molecule has 0 bridgehead atoms. The molecule has 3 heterocycles. The largest absolute Gasteiger partial charge is 0.309 e. The number of fused-ring (bicyclic) bond motifs is 9. The third-order valence-electron chi connectivity index (χ3n) is 10.0. The molecule has 57 heavy (non-hydrogen) atoms. The maximum Gasteiger partial charge on any atom is 0.0645 e. The summed E-state index contributed by atoms with van der Waals surface area (Å²) >= 11 is 0.910. The summed E-state index contributed by atoms with van der Waals surface area (Å²) in [6.07, 6.45) is 0. The van der Waals surface area contributed by atoms with Crippen LogP contribution in [-0.2, 0) is 0 Å². The second-order valence-corrected chi connectivity index (χ2v) is 14.3. The molecule has 9 aromatic carbocycles. The van der Waals surface area contributed by atoms with E-state index in [1.54, 1.807) is 24.3 Å². The molecule has 0 saturated heterocycles. The summed E-state index contributed by atoms with van der Waals surface area (Å²) in [5.74, 6) is 0. The molecule has 0 N–H and O–H groups in total. The Balaban J connectivity index is 1.15. The van der Waals surface area contributed by atoms with Crippen molar-refractivity contribution in [3.63, 3.8) is 0 Å². The lowest BCUT2D eigenvalue weighted by molar-refractivity contribution is 1.18. The minimum atomic E-state index is -0.777. The van der Waals surface area contributed by atoms with Gasteiger partial charge in [-0.05, 0) is 99.9 Å². The van der Waals surface area contributed by atoms with E-state index in [0.717, 1.165) is 28.5 Å². The molecule has 12 aromatic rings. The summed E-state index contributed by atoms with van der Waals surface area (Å²) in [5, 5.41) is -0.910. The quantitative estimate of drug-likeness (QED) is 0.165. The van der Waals surface area contributed by atoms with Gasteiger partial charge in [-0.1, -0.05) is 139 Å². The Bertz CT molecular complexity index is 4790. The van der Waals surface area contributed by atoms with Crippen LogP contribution < -0.4 is 0 Å². The average Bonchev–Trinajstić information content (AvgIpc) is 3.56. The lowest BCUT2D eigenvalue weighted by Gasteiger charge is -2.10. The molecule has 0 radical (unpaired) electrons. The first-order valence-corrected chi connectivity index (χ1v) is 18.5. The van der Waals surface area contributed by atoms with Crippen LogP contribution >= 0.6 is 11.3 Å². The van der Waals surface area contributed by atoms with Gasteiger partial charge in [-0.25, -0.2) is 0 Å². The molecule has 0 fully saturated rings. The number of aromatic nitrogens is 2. The predicted octanol–water partition coefficient (Wildman–Crippen LogP) is 15.2. The minimum Gasteiger partial charge on any atom is -0.309 e. The third-order valence-corrected chi connectivity index (χ3v) is 11.1. The van der Waals surface area contributed by atoms with E-state index in [9.17, 15) is 13.7 Å². The van der Waals surface area contributed by atoms with Gasteiger partial charge in [-0.15, -0.1) is 11.3 Å². The number of nitrogens with zero attached hydrogens (tertiary/aromatic N) is 2. The highest BCUT2D eigenvalue weighted by Crippen LogP contribution is 2.41. The molecule has 0 aliphatic carbocycles. The number of hydrogen-bond donors (Lipinski definition) is 0. The second-order valence-electron chi connectivity index (χ2n) is 13.2. The van der Waals surface area contributed by atoms with E-state index in [4.69, 9.17) is 16.4 Å². The van der Waals surface area contributed by atoms with Crippen LogP contribution in [0.4, 0.5) is 0 Å². The first-order valence-electron chi connectivity index (χ1n) is 28.7. The van der Waals surface area contributed by atoms with Crippen LogP contribution in [0.3, 0.4) is 0 Å². The Labute approximate surface area is 364 Å². The van der Waals surface area contributed by atoms with Gasteiger partial charge in [0, 0.05) is 53.1 Å². The van der Waals surface area contributed by atoms with E-state index < -0.39 is 132 Å². The molecule has 12 rings (SSSR count). The van der Waals surface area contributed by atoms with Crippen LogP contribution in [0.2, 0.25) is 0 Å². The van der Waals surface area contributed by atoms with Crippen LogP contribution in [0.15, 0.2) is 206 Å². The molecule has 0 aliphatic rings. The van der Waals surface area contributed by atoms with Crippen LogP contribution in [-0.4, -0.2) is 9.13 Å². The Hall–Kier alpha value is -7.20. The topological polar surface area (TPSA) is 9.86 Å². The molecular weight excluding hydrogens is 709 g/mol. The molecule has 0 aliphatic heterocycles. The van der Waals surface area contributed by atoms with Crippen molar-refractivity contribution in [3.8, 4) is 44.8 Å². The molecule has 0 spiro atoms. The van der Waals surface area contributed by atoms with Gasteiger partial charge < -0.3 is 9.13 Å². The second kappa shape index (κ2) is 12.7. The van der Waals surface area contributed by atoms with Crippen LogP contribution in [0.25, 0.3) is 109 Å². The smallest absolute Gasteiger partial charge is 0.0645 e. The summed E-state index contributed by atoms with van der Waals surface area (Å²) in [7, 11) is 0. The SMILES string of the molecule is [2H]c1cc(-c2c([2H])c([2H])c3c(sc4cc(-n5c6c([2H])c([2H])c([2H])c([2H])c6c6c([2H])c(-c7c([2H])c([2H])c8c(c7[2H])c7c([2H])c([2H])c([2H])c([2H])c7n8-c7ccc(-c8ccccc8)cc7)c([2H])c([2H])c65)cc([2H])c43)c2[2H])c([2H])c([2H])c1[2H]. The summed E-state index contributed by atoms with van der Waals surface area (Å²) < 4.78 is 203. The van der Waals surface area contributed by atoms with E-state index in [1.807, 2.05) is 30.3 Å². The summed E-state index contributed by atoms with van der Waals surface area (Å²) in [6, 6.07) is 7.23. The van der Waals surface area contributed by atoms with E-state index >= 15 is 0 Å². The lowest BCUT2D eigenvalue weighted by atomic mass is 10.0. The fourth-order valence-corrected chi connectivity index (χ4v) is 8.47. The molecule has 3 heteroatoms. The molecule has 0 unspecified atom stereocenters. The molecule has 0 atom stereocenters. The average molecular weight is 765 g/mol. The Morgan fingerprint density at radius 3 is 1.63 bits per heavy atom. The Morgan fingerprint density at radius 2 is 0.912 bits per heavy atom. The molecule has 3 aromatic heterocycles. The van der Waals surface area contributed by atoms with Gasteiger partial charge >= 0.3 is 0 Å². The number of hydrogen-bond acceptors (Lipinski definition) is 1. The molecular formula is C54H34N2S. The van der Waals surface area contributed by atoms with Crippen molar-refractivity contribution in [2.75, 3.05) is 0 Å². The van der Waals surface area contributed by atoms with Gasteiger partial charge in [-0.3, -0.25) is 0 Å². The van der Waals surface area contributed by atoms with Crippen molar-refractivity contribution in [1.29, 1.82) is 0 Å². The van der Waals surface area contributed by atoms with Gasteiger partial charge in [0.05, 0.1) is 52.2 Å². The van der Waals surface area contributed by atoms with Crippen molar-refractivity contribution < 1.29 is 30.2 Å². The first-order chi connectivity index (χ1) is 37.4. The number of benzene rings is 9. The van der Waals surface area contributed by atoms with Gasteiger partial charge in [-0.2, -0.15) is 0 Å². The highest BCUT2D eigenvalue weighted by molar-refractivity contribution is 7.25. The maximum absolute atomic E-state index is 9.96. The standard InChI is InChI=1S/C54H34N2S/c1-3-11-35(12-4-1)37-19-24-41(25-20-37)55-49-17-9-7-15-43(49)47-31-38(22-29-51(47)55)39-23-30-52-48(32-39)44-16-8-10-18-50(44)56(52)42-26-28-46-45-27-21-40(36-13-5-2-6-14-36)33-53(45)57-54(46)34-42/h1-34H/i2D,5D,6D,7D,8D,9D,10D,13D,15D,16D,17D,18D,21D,22D,23D,27D,28D,29D,30D,31D,32D,33D. The summed E-state index contributed by atoms with van der Waals surface area (Å²) in [4.78, 5) is 0. The zero-order chi connectivity index (χ0) is 56.6. The van der Waals surface area contributed by atoms with Crippen molar-refractivity contribution in [1.82, 2.24) is 9.13 Å². The fraction of sp³-hybridized carbons (Fsp3) is 0. The van der Waals surface area contributed by atoms with E-state index in [2.05, 4.69) is 0 Å². The molecule has 266 valence electrons. The Kier molecular flexibility index (Phi) is 3.85. The van der Waals surface area contributed by atoms with E-state index in [-0.39, 0.29) is 92.7 Å².